The van der Waals surface area contributed by atoms with Gasteiger partial charge >= 0.3 is 0 Å². The molecule has 1 aromatic rings. The van der Waals surface area contributed by atoms with E-state index in [9.17, 15) is 4.79 Å². The van der Waals surface area contributed by atoms with Gasteiger partial charge in [0.2, 0.25) is 5.91 Å². The van der Waals surface area contributed by atoms with Crippen molar-refractivity contribution in [2.24, 2.45) is 0 Å². The molecule has 86 valence electrons. The van der Waals surface area contributed by atoms with Crippen LogP contribution < -0.4 is 10.4 Å². The van der Waals surface area contributed by atoms with Crippen molar-refractivity contribution >= 4 is 11.6 Å². The number of hydrogen-bond acceptors (Lipinski definition) is 3. The molecule has 0 saturated carbocycles. The smallest absolute Gasteiger partial charge is 0.245 e. The molecule has 0 spiro atoms. The highest BCUT2D eigenvalue weighted by Crippen LogP contribution is 2.26. The van der Waals surface area contributed by atoms with E-state index in [1.807, 2.05) is 12.1 Å². The Morgan fingerprint density at radius 3 is 3.06 bits per heavy atom. The van der Waals surface area contributed by atoms with Gasteiger partial charge in [-0.1, -0.05) is 18.2 Å². The van der Waals surface area contributed by atoms with Gasteiger partial charge in [0.1, 0.15) is 0 Å². The molecule has 0 aliphatic carbocycles. The van der Waals surface area contributed by atoms with Gasteiger partial charge in [0.05, 0.1) is 0 Å². The first-order valence-corrected chi connectivity index (χ1v) is 5.57. The molecule has 0 bridgehead atoms. The maximum absolute atomic E-state index is 11.0. The fourth-order valence-electron chi connectivity index (χ4n) is 2.14. The summed E-state index contributed by atoms with van der Waals surface area (Å²) in [7, 11) is 0. The number of carbonyl (C=O) groups excluding carboxylic acids is 1. The van der Waals surface area contributed by atoms with E-state index in [1.54, 1.807) is 5.48 Å². The number of benzene rings is 1. The van der Waals surface area contributed by atoms with Crippen LogP contribution in [0.1, 0.15) is 18.4 Å². The van der Waals surface area contributed by atoms with E-state index in [-0.39, 0.29) is 5.91 Å². The zero-order chi connectivity index (χ0) is 11.4. The fourth-order valence-corrected chi connectivity index (χ4v) is 2.14. The summed E-state index contributed by atoms with van der Waals surface area (Å²) in [6, 6.07) is 8.28. The van der Waals surface area contributed by atoms with Crippen molar-refractivity contribution < 1.29 is 10.0 Å². The molecule has 2 rings (SSSR count). The van der Waals surface area contributed by atoms with Gasteiger partial charge in [-0.3, -0.25) is 10.0 Å². The minimum absolute atomic E-state index is 0.324. The normalized spacial score (nSPS) is 14.4. The highest BCUT2D eigenvalue weighted by Gasteiger charge is 2.16. The van der Waals surface area contributed by atoms with Gasteiger partial charge in [-0.05, 0) is 24.5 Å². The molecule has 0 saturated heterocycles. The highest BCUT2D eigenvalue weighted by atomic mass is 16.5. The largest absolute Gasteiger partial charge is 0.371 e. The second-order valence-corrected chi connectivity index (χ2v) is 4.00. The van der Waals surface area contributed by atoms with Crippen LogP contribution in [0.2, 0.25) is 0 Å². The van der Waals surface area contributed by atoms with Crippen molar-refractivity contribution in [1.82, 2.24) is 5.48 Å². The van der Waals surface area contributed by atoms with Crippen molar-refractivity contribution in [3.8, 4) is 0 Å². The second-order valence-electron chi connectivity index (χ2n) is 4.00. The van der Waals surface area contributed by atoms with E-state index in [0.29, 0.717) is 13.0 Å². The summed E-state index contributed by atoms with van der Waals surface area (Å²) >= 11 is 0. The van der Waals surface area contributed by atoms with E-state index >= 15 is 0 Å². The zero-order valence-electron chi connectivity index (χ0n) is 9.15. The number of amides is 1. The summed E-state index contributed by atoms with van der Waals surface area (Å²) in [5, 5.41) is 8.44. The summed E-state index contributed by atoms with van der Waals surface area (Å²) in [4.78, 5) is 13.2. The SMILES string of the molecule is O=C(CCN1CCCc2ccccc21)NO. The lowest BCUT2D eigenvalue weighted by molar-refractivity contribution is -0.128. The Bertz CT molecular complexity index is 379. The van der Waals surface area contributed by atoms with Crippen LogP contribution in [0, 0.1) is 0 Å². The van der Waals surface area contributed by atoms with Crippen LogP contribution in [0.25, 0.3) is 0 Å². The van der Waals surface area contributed by atoms with Crippen LogP contribution in [-0.4, -0.2) is 24.2 Å². The first-order valence-electron chi connectivity index (χ1n) is 5.57. The number of hydrogen-bond donors (Lipinski definition) is 2. The van der Waals surface area contributed by atoms with Gasteiger partial charge in [0.15, 0.2) is 0 Å². The van der Waals surface area contributed by atoms with Gasteiger partial charge < -0.3 is 4.90 Å². The Morgan fingerprint density at radius 2 is 2.25 bits per heavy atom. The predicted molar refractivity (Wildman–Crippen MR) is 61.5 cm³/mol. The summed E-state index contributed by atoms with van der Waals surface area (Å²) in [6.45, 7) is 1.64. The first kappa shape index (κ1) is 11.0. The van der Waals surface area contributed by atoms with Crippen LogP contribution in [0.4, 0.5) is 5.69 Å². The molecule has 1 heterocycles. The number of fused-ring (bicyclic) bond motifs is 1. The third kappa shape index (κ3) is 2.33. The number of anilines is 1. The maximum atomic E-state index is 11.0. The average molecular weight is 220 g/mol. The van der Waals surface area contributed by atoms with Crippen molar-refractivity contribution in [2.75, 3.05) is 18.0 Å². The van der Waals surface area contributed by atoms with Crippen molar-refractivity contribution in [2.45, 2.75) is 19.3 Å². The minimum atomic E-state index is -0.331. The molecule has 1 aliphatic rings. The van der Waals surface area contributed by atoms with Crippen LogP contribution in [0.15, 0.2) is 24.3 Å². The van der Waals surface area contributed by atoms with E-state index in [1.165, 1.54) is 11.3 Å². The third-order valence-electron chi connectivity index (χ3n) is 2.94. The van der Waals surface area contributed by atoms with Gasteiger partial charge in [-0.2, -0.15) is 0 Å². The van der Waals surface area contributed by atoms with Gasteiger partial charge in [0.25, 0.3) is 0 Å². The number of hydroxylamine groups is 1. The summed E-state index contributed by atoms with van der Waals surface area (Å²) in [5.74, 6) is -0.331. The summed E-state index contributed by atoms with van der Waals surface area (Å²) in [5.41, 5.74) is 4.23. The Hall–Kier alpha value is -1.55. The molecule has 0 atom stereocenters. The van der Waals surface area contributed by atoms with Crippen LogP contribution in [0.3, 0.4) is 0 Å². The molecular formula is C12H16N2O2. The Labute approximate surface area is 94.8 Å². The molecular weight excluding hydrogens is 204 g/mol. The second kappa shape index (κ2) is 4.99. The Morgan fingerprint density at radius 1 is 1.44 bits per heavy atom. The number of carbonyl (C=O) groups is 1. The molecule has 0 fully saturated rings. The Kier molecular flexibility index (Phi) is 3.41. The van der Waals surface area contributed by atoms with E-state index in [0.717, 1.165) is 19.4 Å². The van der Waals surface area contributed by atoms with Crippen LogP contribution in [-0.2, 0) is 11.2 Å². The average Bonchev–Trinajstić information content (AvgIpc) is 2.35. The summed E-state index contributed by atoms with van der Waals surface area (Å²) < 4.78 is 0. The van der Waals surface area contributed by atoms with Crippen molar-refractivity contribution in [1.29, 1.82) is 0 Å². The lowest BCUT2D eigenvalue weighted by Gasteiger charge is -2.30. The van der Waals surface area contributed by atoms with Crippen LogP contribution in [0.5, 0.6) is 0 Å². The molecule has 4 heteroatoms. The van der Waals surface area contributed by atoms with Crippen molar-refractivity contribution in [3.63, 3.8) is 0 Å². The number of para-hydroxylation sites is 1. The molecule has 1 amide bonds. The highest BCUT2D eigenvalue weighted by molar-refractivity contribution is 5.75. The first-order chi connectivity index (χ1) is 7.81. The fraction of sp³-hybridized carbons (Fsp3) is 0.417. The Balaban J connectivity index is 2.04. The van der Waals surface area contributed by atoms with Gasteiger partial charge in [-0.15, -0.1) is 0 Å². The monoisotopic (exact) mass is 220 g/mol. The molecule has 2 N–H and O–H groups in total. The molecule has 0 aromatic heterocycles. The number of nitrogens with one attached hydrogen (secondary N) is 1. The van der Waals surface area contributed by atoms with E-state index < -0.39 is 0 Å². The molecule has 1 aliphatic heterocycles. The van der Waals surface area contributed by atoms with Crippen LogP contribution >= 0.6 is 0 Å². The van der Waals surface area contributed by atoms with Gasteiger partial charge in [-0.25, -0.2) is 5.48 Å². The van der Waals surface area contributed by atoms with Gasteiger partial charge in [0, 0.05) is 25.2 Å². The zero-order valence-corrected chi connectivity index (χ0v) is 9.15. The number of rotatable bonds is 3. The molecule has 1 aromatic carbocycles. The molecule has 16 heavy (non-hydrogen) atoms. The predicted octanol–water partition coefficient (Wildman–Crippen LogP) is 1.33. The minimum Gasteiger partial charge on any atom is -0.371 e. The van der Waals surface area contributed by atoms with E-state index in [4.69, 9.17) is 5.21 Å². The maximum Gasteiger partial charge on any atom is 0.245 e. The molecule has 0 unspecified atom stereocenters. The van der Waals surface area contributed by atoms with Crippen molar-refractivity contribution in [3.05, 3.63) is 29.8 Å². The number of nitrogens with zero attached hydrogens (tertiary/aromatic N) is 1. The van der Waals surface area contributed by atoms with E-state index in [2.05, 4.69) is 17.0 Å². The lowest BCUT2D eigenvalue weighted by Crippen LogP contribution is -2.33. The third-order valence-corrected chi connectivity index (χ3v) is 2.94. The topological polar surface area (TPSA) is 52.6 Å². The molecule has 4 nitrogen and oxygen atoms in total. The lowest BCUT2D eigenvalue weighted by atomic mass is 10.0. The number of aryl methyl sites for hydroxylation is 1. The quantitative estimate of drug-likeness (QED) is 0.597. The molecule has 0 radical (unpaired) electrons. The summed E-state index contributed by atoms with van der Waals surface area (Å²) in [6.07, 6.45) is 2.56. The standard InChI is InChI=1S/C12H16N2O2/c15-12(13-16)7-9-14-8-3-5-10-4-1-2-6-11(10)14/h1-2,4,6,16H,3,5,7-9H2,(H,13,15).